The van der Waals surface area contributed by atoms with Crippen molar-refractivity contribution in [1.29, 1.82) is 0 Å². The summed E-state index contributed by atoms with van der Waals surface area (Å²) in [5.41, 5.74) is 3.36. The van der Waals surface area contributed by atoms with Crippen LogP contribution in [0.5, 0.6) is 5.88 Å². The normalized spacial score (nSPS) is 17.8. The molecule has 1 atom stereocenters. The second-order valence-electron chi connectivity index (χ2n) is 4.82. The molecule has 0 bridgehead atoms. The first kappa shape index (κ1) is 12.2. The average Bonchev–Trinajstić information content (AvgIpc) is 2.48. The van der Waals surface area contributed by atoms with Gasteiger partial charge in [0, 0.05) is 11.8 Å². The van der Waals surface area contributed by atoms with Crippen LogP contribution in [0, 0.1) is 0 Å². The molecule has 0 amide bonds. The number of aromatic nitrogens is 1. The van der Waals surface area contributed by atoms with Crippen molar-refractivity contribution in [3.8, 4) is 5.88 Å². The lowest BCUT2D eigenvalue weighted by Gasteiger charge is -2.26. The highest BCUT2D eigenvalue weighted by Crippen LogP contribution is 2.33. The Morgan fingerprint density at radius 2 is 2.11 bits per heavy atom. The summed E-state index contributed by atoms with van der Waals surface area (Å²) in [5.74, 6) is 0.548. The van der Waals surface area contributed by atoms with Crippen LogP contribution in [0.3, 0.4) is 0 Å². The summed E-state index contributed by atoms with van der Waals surface area (Å²) in [5, 5.41) is 9.32. The van der Waals surface area contributed by atoms with Gasteiger partial charge < -0.3 is 9.84 Å². The number of rotatable bonds is 3. The molecule has 2 aromatic rings. The number of nitrogens with zero attached hydrogens (tertiary/aromatic N) is 1. The van der Waals surface area contributed by atoms with Gasteiger partial charge in [0.1, 0.15) is 6.10 Å². The molecule has 3 heteroatoms. The number of hydrogen-bond acceptors (Lipinski definition) is 3. The number of ether oxygens (including phenoxy) is 1. The van der Waals surface area contributed by atoms with E-state index in [1.54, 1.807) is 6.20 Å². The van der Waals surface area contributed by atoms with Gasteiger partial charge in [-0.1, -0.05) is 24.3 Å². The first-order chi connectivity index (χ1) is 9.38. The van der Waals surface area contributed by atoms with Gasteiger partial charge in [-0.15, -0.1) is 0 Å². The van der Waals surface area contributed by atoms with Gasteiger partial charge in [0.15, 0.2) is 0 Å². The second-order valence-corrected chi connectivity index (χ2v) is 4.82. The molecule has 1 unspecified atom stereocenters. The fourth-order valence-corrected chi connectivity index (χ4v) is 2.62. The van der Waals surface area contributed by atoms with Crippen LogP contribution in [0.15, 0.2) is 42.6 Å². The van der Waals surface area contributed by atoms with Gasteiger partial charge in [0.2, 0.25) is 5.88 Å². The maximum Gasteiger partial charge on any atom is 0.219 e. The third-order valence-corrected chi connectivity index (χ3v) is 3.59. The van der Waals surface area contributed by atoms with E-state index in [1.807, 2.05) is 18.2 Å². The van der Waals surface area contributed by atoms with Crippen LogP contribution in [-0.2, 0) is 13.0 Å². The number of aliphatic hydroxyl groups excluding tert-OH is 1. The minimum Gasteiger partial charge on any atom is -0.469 e. The molecule has 19 heavy (non-hydrogen) atoms. The van der Waals surface area contributed by atoms with Crippen LogP contribution in [0.1, 0.15) is 35.6 Å². The van der Waals surface area contributed by atoms with Crippen molar-refractivity contribution in [1.82, 2.24) is 4.98 Å². The lowest BCUT2D eigenvalue weighted by atomic mass is 9.89. The topological polar surface area (TPSA) is 42.4 Å². The van der Waals surface area contributed by atoms with Crippen LogP contribution in [0.4, 0.5) is 0 Å². The van der Waals surface area contributed by atoms with Crippen LogP contribution in [0.25, 0.3) is 0 Å². The Morgan fingerprint density at radius 1 is 1.21 bits per heavy atom. The summed E-state index contributed by atoms with van der Waals surface area (Å²) in [6, 6.07) is 12.1. The van der Waals surface area contributed by atoms with E-state index < -0.39 is 0 Å². The first-order valence-electron chi connectivity index (χ1n) is 6.67. The molecule has 1 aromatic carbocycles. The van der Waals surface area contributed by atoms with Crippen molar-refractivity contribution in [2.75, 3.05) is 0 Å². The Morgan fingerprint density at radius 3 is 3.00 bits per heavy atom. The molecule has 1 aliphatic carbocycles. The zero-order valence-corrected chi connectivity index (χ0v) is 10.7. The highest BCUT2D eigenvalue weighted by molar-refractivity contribution is 5.33. The zero-order valence-electron chi connectivity index (χ0n) is 10.7. The third-order valence-electron chi connectivity index (χ3n) is 3.59. The molecule has 1 aromatic heterocycles. The smallest absolute Gasteiger partial charge is 0.219 e. The van der Waals surface area contributed by atoms with E-state index in [0.29, 0.717) is 5.88 Å². The van der Waals surface area contributed by atoms with E-state index in [1.165, 1.54) is 11.1 Å². The summed E-state index contributed by atoms with van der Waals surface area (Å²) >= 11 is 0. The molecule has 0 aliphatic heterocycles. The number of hydrogen-bond donors (Lipinski definition) is 1. The number of fused-ring (bicyclic) bond motifs is 1. The number of aliphatic hydroxyl groups is 1. The van der Waals surface area contributed by atoms with Crippen molar-refractivity contribution in [3.63, 3.8) is 0 Å². The molecule has 0 fully saturated rings. The Balaban J connectivity index is 1.88. The Bertz CT molecular complexity index is 568. The fraction of sp³-hybridized carbons (Fsp3) is 0.312. The van der Waals surface area contributed by atoms with E-state index >= 15 is 0 Å². The average molecular weight is 255 g/mol. The minimum absolute atomic E-state index is 0.0441. The van der Waals surface area contributed by atoms with Gasteiger partial charge in [-0.3, -0.25) is 0 Å². The van der Waals surface area contributed by atoms with Gasteiger partial charge in [-0.05, 0) is 42.5 Å². The quantitative estimate of drug-likeness (QED) is 0.916. The van der Waals surface area contributed by atoms with E-state index in [-0.39, 0.29) is 12.7 Å². The van der Waals surface area contributed by atoms with Crippen molar-refractivity contribution in [2.24, 2.45) is 0 Å². The summed E-state index contributed by atoms with van der Waals surface area (Å²) in [6.45, 7) is -0.0441. The summed E-state index contributed by atoms with van der Waals surface area (Å²) in [4.78, 5) is 4.23. The van der Waals surface area contributed by atoms with Crippen LogP contribution in [-0.4, -0.2) is 10.1 Å². The van der Waals surface area contributed by atoms with E-state index in [2.05, 4.69) is 23.2 Å². The Labute approximate surface area is 112 Å². The molecule has 3 nitrogen and oxygen atoms in total. The van der Waals surface area contributed by atoms with Crippen LogP contribution < -0.4 is 4.74 Å². The summed E-state index contributed by atoms with van der Waals surface area (Å²) in [7, 11) is 0. The highest BCUT2D eigenvalue weighted by Gasteiger charge is 2.22. The maximum atomic E-state index is 9.32. The molecule has 1 N–H and O–H groups in total. The largest absolute Gasteiger partial charge is 0.469 e. The Hall–Kier alpha value is -1.87. The van der Waals surface area contributed by atoms with Gasteiger partial charge >= 0.3 is 0 Å². The van der Waals surface area contributed by atoms with Gasteiger partial charge in [-0.25, -0.2) is 4.98 Å². The molecule has 3 rings (SSSR count). The van der Waals surface area contributed by atoms with Crippen LogP contribution >= 0.6 is 0 Å². The van der Waals surface area contributed by atoms with Crippen LogP contribution in [0.2, 0.25) is 0 Å². The maximum absolute atomic E-state index is 9.32. The predicted octanol–water partition coefficient (Wildman–Crippen LogP) is 3.03. The van der Waals surface area contributed by atoms with E-state index in [4.69, 9.17) is 4.74 Å². The molecule has 1 aliphatic rings. The number of pyridine rings is 1. The van der Waals surface area contributed by atoms with Crippen molar-refractivity contribution < 1.29 is 9.84 Å². The number of aryl methyl sites for hydroxylation is 1. The molecular weight excluding hydrogens is 238 g/mol. The monoisotopic (exact) mass is 255 g/mol. The lowest BCUT2D eigenvalue weighted by Crippen LogP contribution is -2.16. The van der Waals surface area contributed by atoms with Crippen molar-refractivity contribution in [3.05, 3.63) is 59.3 Å². The first-order valence-corrected chi connectivity index (χ1v) is 6.67. The summed E-state index contributed by atoms with van der Waals surface area (Å²) in [6.07, 6.45) is 4.99. The standard InChI is InChI=1S/C16H17NO2/c18-11-13-7-4-10-17-16(13)19-15-9-3-6-12-5-1-2-8-14(12)15/h1-2,4-5,7-8,10,15,18H,3,6,9,11H2. The van der Waals surface area contributed by atoms with Crippen molar-refractivity contribution >= 4 is 0 Å². The van der Waals surface area contributed by atoms with E-state index in [9.17, 15) is 5.11 Å². The fourth-order valence-electron chi connectivity index (χ4n) is 2.62. The summed E-state index contributed by atoms with van der Waals surface area (Å²) < 4.78 is 6.03. The molecule has 98 valence electrons. The lowest BCUT2D eigenvalue weighted by molar-refractivity contribution is 0.168. The molecule has 0 spiro atoms. The third kappa shape index (κ3) is 2.47. The van der Waals surface area contributed by atoms with Gasteiger partial charge in [-0.2, -0.15) is 0 Å². The molecule has 0 radical (unpaired) electrons. The van der Waals surface area contributed by atoms with Crippen molar-refractivity contribution in [2.45, 2.75) is 32.0 Å². The number of benzene rings is 1. The second kappa shape index (κ2) is 5.41. The zero-order chi connectivity index (χ0) is 13.1. The highest BCUT2D eigenvalue weighted by atomic mass is 16.5. The molecule has 0 saturated carbocycles. The van der Waals surface area contributed by atoms with E-state index in [0.717, 1.165) is 24.8 Å². The Kier molecular flexibility index (Phi) is 3.47. The molecular formula is C16H17NO2. The predicted molar refractivity (Wildman–Crippen MR) is 72.9 cm³/mol. The minimum atomic E-state index is -0.0441. The van der Waals surface area contributed by atoms with Gasteiger partial charge in [0.25, 0.3) is 0 Å². The SMILES string of the molecule is OCc1cccnc1OC1CCCc2ccccc21. The molecule has 1 heterocycles. The molecule has 0 saturated heterocycles. The van der Waals surface area contributed by atoms with Gasteiger partial charge in [0.05, 0.1) is 6.61 Å².